The minimum atomic E-state index is 0. The fraction of sp³-hybridized carbons (Fsp3) is 0.125. The lowest BCUT2D eigenvalue weighted by Crippen LogP contribution is -1.97. The lowest BCUT2D eigenvalue weighted by Gasteiger charge is -2.12. The van der Waals surface area contributed by atoms with Crippen LogP contribution < -0.4 is 14.8 Å². The molecular weight excluding hydrogens is 337 g/mol. The van der Waals surface area contributed by atoms with Gasteiger partial charge in [-0.1, -0.05) is 11.6 Å². The maximum absolute atomic E-state index is 5.90. The van der Waals surface area contributed by atoms with E-state index in [0.29, 0.717) is 22.3 Å². The van der Waals surface area contributed by atoms with Gasteiger partial charge in [-0.25, -0.2) is 9.97 Å². The van der Waals surface area contributed by atoms with Gasteiger partial charge >= 0.3 is 0 Å². The van der Waals surface area contributed by atoms with E-state index in [9.17, 15) is 0 Å². The van der Waals surface area contributed by atoms with Crippen molar-refractivity contribution in [2.75, 3.05) is 19.5 Å². The molecule has 0 aliphatic heterocycles. The van der Waals surface area contributed by atoms with Gasteiger partial charge in [0.25, 0.3) is 0 Å². The number of fused-ring (bicyclic) bond motifs is 1. The number of nitrogens with one attached hydrogen (secondary N) is 1. The summed E-state index contributed by atoms with van der Waals surface area (Å²) in [6.07, 6.45) is 1.51. The van der Waals surface area contributed by atoms with E-state index in [-0.39, 0.29) is 12.4 Å². The Morgan fingerprint density at radius 3 is 2.26 bits per heavy atom. The molecule has 0 fully saturated rings. The lowest BCUT2D eigenvalue weighted by atomic mass is 10.2. The van der Waals surface area contributed by atoms with Crippen LogP contribution in [0.5, 0.6) is 11.5 Å². The first kappa shape index (κ1) is 17.1. The molecule has 0 aliphatic rings. The van der Waals surface area contributed by atoms with Gasteiger partial charge in [0.15, 0.2) is 11.5 Å². The van der Waals surface area contributed by atoms with Crippen molar-refractivity contribution in [2.24, 2.45) is 0 Å². The van der Waals surface area contributed by atoms with Gasteiger partial charge in [0.1, 0.15) is 12.1 Å². The molecular formula is C16H15Cl2N3O2. The highest BCUT2D eigenvalue weighted by atomic mass is 35.5. The molecule has 5 nitrogen and oxygen atoms in total. The summed E-state index contributed by atoms with van der Waals surface area (Å²) < 4.78 is 10.6. The van der Waals surface area contributed by atoms with E-state index in [1.807, 2.05) is 36.4 Å². The van der Waals surface area contributed by atoms with E-state index in [1.165, 1.54) is 6.33 Å². The van der Waals surface area contributed by atoms with Crippen LogP contribution in [0, 0.1) is 0 Å². The first-order chi connectivity index (χ1) is 10.7. The molecule has 0 aliphatic carbocycles. The first-order valence-corrected chi connectivity index (χ1v) is 6.98. The van der Waals surface area contributed by atoms with Gasteiger partial charge in [-0.3, -0.25) is 0 Å². The van der Waals surface area contributed by atoms with Crippen LogP contribution in [0.1, 0.15) is 0 Å². The molecule has 0 radical (unpaired) electrons. The Hall–Kier alpha value is -2.24. The molecule has 23 heavy (non-hydrogen) atoms. The predicted molar refractivity (Wildman–Crippen MR) is 94.6 cm³/mol. The van der Waals surface area contributed by atoms with Gasteiger partial charge in [-0.2, -0.15) is 0 Å². The topological polar surface area (TPSA) is 56.3 Å². The summed E-state index contributed by atoms with van der Waals surface area (Å²) in [6.45, 7) is 0. The lowest BCUT2D eigenvalue weighted by molar-refractivity contribution is 0.356. The number of rotatable bonds is 4. The molecule has 0 unspecified atom stereocenters. The number of ether oxygens (including phenoxy) is 2. The Labute approximate surface area is 145 Å². The zero-order chi connectivity index (χ0) is 15.5. The number of methoxy groups -OCH3 is 2. The summed E-state index contributed by atoms with van der Waals surface area (Å²) in [7, 11) is 3.19. The molecule has 3 rings (SSSR count). The SMILES string of the molecule is COc1cc2ncnc(Nc3ccc(Cl)cc3)c2cc1OC.Cl. The van der Waals surface area contributed by atoms with E-state index in [0.717, 1.165) is 16.6 Å². The summed E-state index contributed by atoms with van der Waals surface area (Å²) in [5.41, 5.74) is 1.66. The van der Waals surface area contributed by atoms with Crippen LogP contribution in [0.4, 0.5) is 11.5 Å². The average molecular weight is 352 g/mol. The van der Waals surface area contributed by atoms with Crippen molar-refractivity contribution in [3.05, 3.63) is 47.7 Å². The Balaban J connectivity index is 0.00000192. The fourth-order valence-electron chi connectivity index (χ4n) is 2.15. The van der Waals surface area contributed by atoms with Crippen molar-refractivity contribution < 1.29 is 9.47 Å². The molecule has 3 aromatic rings. The van der Waals surface area contributed by atoms with E-state index in [2.05, 4.69) is 15.3 Å². The maximum Gasteiger partial charge on any atom is 0.162 e. The summed E-state index contributed by atoms with van der Waals surface area (Å²) in [4.78, 5) is 8.58. The zero-order valence-electron chi connectivity index (χ0n) is 12.5. The molecule has 120 valence electrons. The summed E-state index contributed by atoms with van der Waals surface area (Å²) in [6, 6.07) is 11.1. The third-order valence-corrected chi connectivity index (χ3v) is 3.50. The minimum Gasteiger partial charge on any atom is -0.493 e. The number of anilines is 2. The van der Waals surface area contributed by atoms with Crippen molar-refractivity contribution in [1.82, 2.24) is 9.97 Å². The van der Waals surface area contributed by atoms with Crippen LogP contribution in [0.15, 0.2) is 42.7 Å². The molecule has 0 saturated carbocycles. The second kappa shape index (κ2) is 7.35. The van der Waals surface area contributed by atoms with Crippen LogP contribution in [0.2, 0.25) is 5.02 Å². The van der Waals surface area contributed by atoms with Crippen LogP contribution >= 0.6 is 24.0 Å². The van der Waals surface area contributed by atoms with E-state index >= 15 is 0 Å². The van der Waals surface area contributed by atoms with Gasteiger partial charge in [0.05, 0.1) is 19.7 Å². The standard InChI is InChI=1S/C16H14ClN3O2.ClH/c1-21-14-7-12-13(8-15(14)22-2)18-9-19-16(12)20-11-5-3-10(17)4-6-11;/h3-9H,1-2H3,(H,18,19,20);1H. The Morgan fingerprint density at radius 2 is 1.61 bits per heavy atom. The largest absolute Gasteiger partial charge is 0.493 e. The molecule has 7 heteroatoms. The van der Waals surface area contributed by atoms with Gasteiger partial charge in [-0.05, 0) is 30.3 Å². The third kappa shape index (κ3) is 3.57. The Bertz CT molecular complexity index is 810. The number of aromatic nitrogens is 2. The second-order valence-corrected chi connectivity index (χ2v) is 5.01. The predicted octanol–water partition coefficient (Wildman–Crippen LogP) is 4.47. The van der Waals surface area contributed by atoms with Gasteiger partial charge < -0.3 is 14.8 Å². The molecule has 1 heterocycles. The third-order valence-electron chi connectivity index (χ3n) is 3.25. The first-order valence-electron chi connectivity index (χ1n) is 6.60. The highest BCUT2D eigenvalue weighted by Gasteiger charge is 2.11. The quantitative estimate of drug-likeness (QED) is 0.751. The molecule has 0 atom stereocenters. The smallest absolute Gasteiger partial charge is 0.162 e. The fourth-order valence-corrected chi connectivity index (χ4v) is 2.28. The molecule has 1 N–H and O–H groups in total. The van der Waals surface area contributed by atoms with Crippen LogP contribution in [0.25, 0.3) is 10.9 Å². The molecule has 0 spiro atoms. The van der Waals surface area contributed by atoms with Gasteiger partial charge in [0.2, 0.25) is 0 Å². The van der Waals surface area contributed by atoms with Gasteiger partial charge in [-0.15, -0.1) is 12.4 Å². The number of halogens is 2. The molecule has 2 aromatic carbocycles. The van der Waals surface area contributed by atoms with Crippen molar-refractivity contribution in [3.63, 3.8) is 0 Å². The number of nitrogens with zero attached hydrogens (tertiary/aromatic N) is 2. The molecule has 0 amide bonds. The van der Waals surface area contributed by atoms with Gasteiger partial charge in [0, 0.05) is 22.2 Å². The van der Waals surface area contributed by atoms with E-state index in [1.54, 1.807) is 14.2 Å². The number of hydrogen-bond donors (Lipinski definition) is 1. The summed E-state index contributed by atoms with van der Waals surface area (Å²) in [5.74, 6) is 1.95. The Morgan fingerprint density at radius 1 is 0.957 bits per heavy atom. The summed E-state index contributed by atoms with van der Waals surface area (Å²) >= 11 is 5.90. The van der Waals surface area contributed by atoms with E-state index in [4.69, 9.17) is 21.1 Å². The highest BCUT2D eigenvalue weighted by Crippen LogP contribution is 2.34. The normalized spacial score (nSPS) is 10.0. The number of hydrogen-bond acceptors (Lipinski definition) is 5. The van der Waals surface area contributed by atoms with Crippen molar-refractivity contribution in [2.45, 2.75) is 0 Å². The summed E-state index contributed by atoms with van der Waals surface area (Å²) in [5, 5.41) is 4.78. The molecule has 1 aromatic heterocycles. The van der Waals surface area contributed by atoms with Crippen LogP contribution in [-0.2, 0) is 0 Å². The highest BCUT2D eigenvalue weighted by molar-refractivity contribution is 6.30. The average Bonchev–Trinajstić information content (AvgIpc) is 2.56. The Kier molecular flexibility index (Phi) is 5.47. The maximum atomic E-state index is 5.90. The monoisotopic (exact) mass is 351 g/mol. The second-order valence-electron chi connectivity index (χ2n) is 4.58. The molecule has 0 bridgehead atoms. The minimum absolute atomic E-state index is 0. The number of benzene rings is 2. The van der Waals surface area contributed by atoms with Crippen molar-refractivity contribution in [1.29, 1.82) is 0 Å². The van der Waals surface area contributed by atoms with Crippen molar-refractivity contribution in [3.8, 4) is 11.5 Å². The zero-order valence-corrected chi connectivity index (χ0v) is 14.1. The van der Waals surface area contributed by atoms with Crippen molar-refractivity contribution >= 4 is 46.4 Å². The van der Waals surface area contributed by atoms with Crippen LogP contribution in [-0.4, -0.2) is 24.2 Å². The van der Waals surface area contributed by atoms with Crippen LogP contribution in [0.3, 0.4) is 0 Å². The van der Waals surface area contributed by atoms with E-state index < -0.39 is 0 Å². The molecule has 0 saturated heterocycles.